The fraction of sp³-hybridized carbons (Fsp3) is 0.429. The van der Waals surface area contributed by atoms with Crippen molar-refractivity contribution in [3.8, 4) is 0 Å². The molecule has 0 saturated carbocycles. The van der Waals surface area contributed by atoms with Gasteiger partial charge in [0.2, 0.25) is 0 Å². The van der Waals surface area contributed by atoms with E-state index in [1.165, 1.54) is 0 Å². The quantitative estimate of drug-likeness (QED) is 0.496. The minimum atomic E-state index is -0.929. The van der Waals surface area contributed by atoms with Crippen LogP contribution in [0.25, 0.3) is 0 Å². The van der Waals surface area contributed by atoms with Gasteiger partial charge in [-0.1, -0.05) is 0 Å². The molecule has 13 heavy (non-hydrogen) atoms. The van der Waals surface area contributed by atoms with Crippen molar-refractivity contribution in [2.45, 2.75) is 19.4 Å². The van der Waals surface area contributed by atoms with Gasteiger partial charge in [0.25, 0.3) is 0 Å². The van der Waals surface area contributed by atoms with Gasteiger partial charge in [-0.3, -0.25) is 0 Å². The Hall–Kier alpha value is -0.975. The summed E-state index contributed by atoms with van der Waals surface area (Å²) in [4.78, 5) is 7.78. The molecule has 0 atom stereocenters. The Kier molecular flexibility index (Phi) is 5.21. The van der Waals surface area contributed by atoms with Crippen LogP contribution in [0.2, 0.25) is 0 Å². The zero-order chi connectivity index (χ0) is 10.3. The highest BCUT2D eigenvalue weighted by atomic mass is 16.4. The second-order valence-corrected chi connectivity index (χ2v) is 2.75. The number of hydrogen-bond donors (Lipinski definition) is 3. The molecule has 0 amide bonds. The van der Waals surface area contributed by atoms with E-state index in [0.717, 1.165) is 0 Å². The predicted octanol–water partition coefficient (Wildman–Crippen LogP) is -0.791. The summed E-state index contributed by atoms with van der Waals surface area (Å²) in [5, 5.41) is 23.4. The molecule has 0 bridgehead atoms. The SMILES string of the molecule is CC(C)(O)c1ncccn1.O[B]O. The van der Waals surface area contributed by atoms with Crippen LogP contribution in [0.3, 0.4) is 0 Å². The lowest BCUT2D eigenvalue weighted by atomic mass is 10.1. The highest BCUT2D eigenvalue weighted by molar-refractivity contribution is 6.13. The van der Waals surface area contributed by atoms with Gasteiger partial charge in [0.15, 0.2) is 5.82 Å². The van der Waals surface area contributed by atoms with Crippen molar-refractivity contribution >= 4 is 7.69 Å². The van der Waals surface area contributed by atoms with Gasteiger partial charge >= 0.3 is 7.69 Å². The first-order chi connectivity index (χ1) is 6.02. The second kappa shape index (κ2) is 5.63. The Morgan fingerprint density at radius 3 is 1.85 bits per heavy atom. The standard InChI is InChI=1S/C7H10N2O.BH2O2/c1-7(2,10)6-8-4-3-5-9-6;2-1-3/h3-5,10H,1-2H3;2-3H. The minimum absolute atomic E-state index is 0. The fourth-order valence-corrected chi connectivity index (χ4v) is 0.615. The first-order valence-corrected chi connectivity index (χ1v) is 3.62. The maximum Gasteiger partial charge on any atom is 0.482 e. The molecule has 0 spiro atoms. The van der Waals surface area contributed by atoms with Crippen molar-refractivity contribution < 1.29 is 15.2 Å². The van der Waals surface area contributed by atoms with Crippen LogP contribution in [0.4, 0.5) is 0 Å². The van der Waals surface area contributed by atoms with Gasteiger partial charge in [-0.2, -0.15) is 0 Å². The lowest BCUT2D eigenvalue weighted by Gasteiger charge is -2.13. The molecular weight excluding hydrogens is 171 g/mol. The molecule has 0 aliphatic rings. The monoisotopic (exact) mass is 183 g/mol. The van der Waals surface area contributed by atoms with Gasteiger partial charge in [-0.15, -0.1) is 0 Å². The number of nitrogens with zero attached hydrogens (tertiary/aromatic N) is 2. The van der Waals surface area contributed by atoms with Gasteiger partial charge in [-0.25, -0.2) is 9.97 Å². The zero-order valence-electron chi connectivity index (χ0n) is 7.55. The molecular formula is C7H12BN2O3. The highest BCUT2D eigenvalue weighted by Crippen LogP contribution is 2.12. The predicted molar refractivity (Wildman–Crippen MR) is 47.5 cm³/mol. The summed E-state index contributed by atoms with van der Waals surface area (Å²) in [7, 11) is 0. The van der Waals surface area contributed by atoms with Crippen LogP contribution in [-0.2, 0) is 5.60 Å². The van der Waals surface area contributed by atoms with E-state index in [2.05, 4.69) is 9.97 Å². The first kappa shape index (κ1) is 12.0. The van der Waals surface area contributed by atoms with Crippen LogP contribution in [0.15, 0.2) is 18.5 Å². The van der Waals surface area contributed by atoms with Crippen molar-refractivity contribution in [2.24, 2.45) is 0 Å². The third-order valence-corrected chi connectivity index (χ3v) is 1.11. The van der Waals surface area contributed by atoms with E-state index in [4.69, 9.17) is 10.0 Å². The Labute approximate surface area is 77.4 Å². The van der Waals surface area contributed by atoms with Gasteiger partial charge in [-0.05, 0) is 19.9 Å². The summed E-state index contributed by atoms with van der Waals surface area (Å²) in [5.41, 5.74) is -0.929. The average molecular weight is 183 g/mol. The molecule has 0 aromatic carbocycles. The lowest BCUT2D eigenvalue weighted by molar-refractivity contribution is 0.0687. The van der Waals surface area contributed by atoms with Gasteiger partial charge in [0.05, 0.1) is 0 Å². The topological polar surface area (TPSA) is 86.5 Å². The number of aliphatic hydroxyl groups is 1. The summed E-state index contributed by atoms with van der Waals surface area (Å²) >= 11 is 0. The number of aromatic nitrogens is 2. The van der Waals surface area contributed by atoms with Gasteiger partial charge < -0.3 is 15.2 Å². The smallest absolute Gasteiger partial charge is 0.429 e. The van der Waals surface area contributed by atoms with Gasteiger partial charge in [0.1, 0.15) is 5.60 Å². The molecule has 0 saturated heterocycles. The van der Waals surface area contributed by atoms with Crippen molar-refractivity contribution in [1.82, 2.24) is 9.97 Å². The van der Waals surface area contributed by atoms with E-state index < -0.39 is 5.60 Å². The first-order valence-electron chi connectivity index (χ1n) is 3.62. The molecule has 3 N–H and O–H groups in total. The summed E-state index contributed by atoms with van der Waals surface area (Å²) in [6, 6.07) is 1.72. The molecule has 6 heteroatoms. The normalized spacial score (nSPS) is 9.92. The maximum atomic E-state index is 9.36. The van der Waals surface area contributed by atoms with E-state index >= 15 is 0 Å². The van der Waals surface area contributed by atoms with Crippen LogP contribution < -0.4 is 0 Å². The maximum absolute atomic E-state index is 9.36. The van der Waals surface area contributed by atoms with Crippen LogP contribution in [0, 0.1) is 0 Å². The van der Waals surface area contributed by atoms with E-state index in [0.29, 0.717) is 5.82 Å². The van der Waals surface area contributed by atoms with E-state index in [1.807, 2.05) is 0 Å². The molecule has 5 nitrogen and oxygen atoms in total. The van der Waals surface area contributed by atoms with Crippen LogP contribution >= 0.6 is 0 Å². The number of rotatable bonds is 1. The van der Waals surface area contributed by atoms with Crippen molar-refractivity contribution in [3.05, 3.63) is 24.3 Å². The summed E-state index contributed by atoms with van der Waals surface area (Å²) in [6.07, 6.45) is 3.22. The van der Waals surface area contributed by atoms with Crippen LogP contribution in [-0.4, -0.2) is 32.8 Å². The van der Waals surface area contributed by atoms with Crippen molar-refractivity contribution in [3.63, 3.8) is 0 Å². The highest BCUT2D eigenvalue weighted by Gasteiger charge is 2.17. The minimum Gasteiger partial charge on any atom is -0.429 e. The van der Waals surface area contributed by atoms with E-state index in [1.54, 1.807) is 32.3 Å². The van der Waals surface area contributed by atoms with E-state index in [-0.39, 0.29) is 7.69 Å². The Bertz CT molecular complexity index is 225. The average Bonchev–Trinajstić information content (AvgIpc) is 2.06. The number of hydrogen-bond acceptors (Lipinski definition) is 5. The molecule has 1 rings (SSSR count). The van der Waals surface area contributed by atoms with Crippen LogP contribution in [0.5, 0.6) is 0 Å². The second-order valence-electron chi connectivity index (χ2n) is 2.75. The zero-order valence-corrected chi connectivity index (χ0v) is 7.55. The Morgan fingerprint density at radius 1 is 1.23 bits per heavy atom. The molecule has 0 aliphatic heterocycles. The Morgan fingerprint density at radius 2 is 1.62 bits per heavy atom. The Balaban J connectivity index is 0.000000424. The molecule has 1 heterocycles. The van der Waals surface area contributed by atoms with E-state index in [9.17, 15) is 5.11 Å². The molecule has 0 fully saturated rings. The molecule has 1 radical (unpaired) electrons. The van der Waals surface area contributed by atoms with Crippen LogP contribution in [0.1, 0.15) is 19.7 Å². The summed E-state index contributed by atoms with van der Waals surface area (Å²) < 4.78 is 0. The summed E-state index contributed by atoms with van der Waals surface area (Å²) in [6.45, 7) is 3.31. The van der Waals surface area contributed by atoms with Gasteiger partial charge in [0, 0.05) is 12.4 Å². The molecule has 0 unspecified atom stereocenters. The van der Waals surface area contributed by atoms with Crippen molar-refractivity contribution in [2.75, 3.05) is 0 Å². The lowest BCUT2D eigenvalue weighted by Crippen LogP contribution is -2.18. The third-order valence-electron chi connectivity index (χ3n) is 1.11. The fourth-order valence-electron chi connectivity index (χ4n) is 0.615. The third kappa shape index (κ3) is 5.29. The molecule has 71 valence electrons. The molecule has 1 aromatic rings. The van der Waals surface area contributed by atoms with Crippen molar-refractivity contribution in [1.29, 1.82) is 0 Å². The largest absolute Gasteiger partial charge is 0.482 e. The molecule has 1 aromatic heterocycles. The molecule has 0 aliphatic carbocycles. The summed E-state index contributed by atoms with van der Waals surface area (Å²) in [5.74, 6) is 0.454.